The molecule has 0 saturated heterocycles. The lowest BCUT2D eigenvalue weighted by Crippen LogP contribution is -2.19. The highest BCUT2D eigenvalue weighted by Crippen LogP contribution is 2.27. The van der Waals surface area contributed by atoms with E-state index in [2.05, 4.69) is 41.7 Å². The molecule has 0 amide bonds. The quantitative estimate of drug-likeness (QED) is 0.800. The highest BCUT2D eigenvalue weighted by molar-refractivity contribution is 9.11. The number of halogens is 2. The summed E-state index contributed by atoms with van der Waals surface area (Å²) in [6.45, 7) is 10.2. The van der Waals surface area contributed by atoms with Crippen LogP contribution in [0.3, 0.4) is 0 Å². The van der Waals surface area contributed by atoms with Gasteiger partial charge < -0.3 is 10.1 Å². The summed E-state index contributed by atoms with van der Waals surface area (Å²) in [5.74, 6) is 1.42. The molecule has 4 heteroatoms. The second-order valence-electron chi connectivity index (χ2n) is 4.55. The normalized spacial score (nSPS) is 10.7. The fourth-order valence-corrected chi connectivity index (χ4v) is 1.83. The number of rotatable bonds is 7. The molecule has 1 N–H and O–H groups in total. The predicted octanol–water partition coefficient (Wildman–Crippen LogP) is 4.37. The molecule has 1 rings (SSSR count). The molecule has 1 aromatic rings. The van der Waals surface area contributed by atoms with Crippen LogP contribution in [0.15, 0.2) is 29.3 Å². The molecule has 0 aliphatic heterocycles. The minimum Gasteiger partial charge on any atom is -0.488 e. The third-order valence-electron chi connectivity index (χ3n) is 2.31. The Hall–Kier alpha value is -0.510. The van der Waals surface area contributed by atoms with Gasteiger partial charge in [-0.2, -0.15) is 0 Å². The lowest BCUT2D eigenvalue weighted by atomic mass is 10.1. The summed E-state index contributed by atoms with van der Waals surface area (Å²) in [4.78, 5) is 0. The minimum atomic E-state index is 0.442. The monoisotopic (exact) mass is 331 g/mol. The molecule has 0 atom stereocenters. The van der Waals surface area contributed by atoms with Gasteiger partial charge in [0, 0.05) is 21.6 Å². The van der Waals surface area contributed by atoms with Crippen molar-refractivity contribution in [3.8, 4) is 5.75 Å². The largest absolute Gasteiger partial charge is 0.488 e. The summed E-state index contributed by atoms with van der Waals surface area (Å²) < 4.78 is 6.47. The molecule has 0 radical (unpaired) electrons. The van der Waals surface area contributed by atoms with Crippen molar-refractivity contribution in [1.29, 1.82) is 0 Å². The first-order valence-electron chi connectivity index (χ1n) is 5.95. The van der Waals surface area contributed by atoms with Crippen molar-refractivity contribution in [3.63, 3.8) is 0 Å². The molecule has 100 valence electrons. The molecule has 0 spiro atoms. The molecule has 0 unspecified atom stereocenters. The first-order valence-corrected chi connectivity index (χ1v) is 7.12. The van der Waals surface area contributed by atoms with Gasteiger partial charge in [0.1, 0.15) is 12.4 Å². The average Bonchev–Trinajstić information content (AvgIpc) is 2.28. The van der Waals surface area contributed by atoms with Gasteiger partial charge in [-0.05, 0) is 24.6 Å². The highest BCUT2D eigenvalue weighted by atomic mass is 79.9. The first-order chi connectivity index (χ1) is 8.50. The summed E-state index contributed by atoms with van der Waals surface area (Å²) in [6.07, 6.45) is 0. The van der Waals surface area contributed by atoms with Crippen molar-refractivity contribution in [2.45, 2.75) is 20.4 Å². The molecule has 2 nitrogen and oxygen atoms in total. The summed E-state index contributed by atoms with van der Waals surface area (Å²) in [7, 11) is 0. The van der Waals surface area contributed by atoms with E-state index in [0.29, 0.717) is 19.1 Å². The molecule has 0 bridgehead atoms. The number of nitrogens with one attached hydrogen (secondary N) is 1. The van der Waals surface area contributed by atoms with E-state index in [0.717, 1.165) is 27.4 Å². The first kappa shape index (κ1) is 15.5. The Balaban J connectivity index is 2.70. The Morgan fingerprint density at radius 3 is 2.83 bits per heavy atom. The Morgan fingerprint density at radius 1 is 1.50 bits per heavy atom. The van der Waals surface area contributed by atoms with Gasteiger partial charge in [0.2, 0.25) is 0 Å². The van der Waals surface area contributed by atoms with Crippen LogP contribution in [0.1, 0.15) is 19.4 Å². The summed E-state index contributed by atoms with van der Waals surface area (Å²) in [6, 6.07) is 5.69. The Morgan fingerprint density at radius 2 is 2.22 bits per heavy atom. The summed E-state index contributed by atoms with van der Waals surface area (Å²) >= 11 is 9.48. The zero-order valence-corrected chi connectivity index (χ0v) is 13.1. The molecule has 0 aliphatic carbocycles. The minimum absolute atomic E-state index is 0.442. The van der Waals surface area contributed by atoms with E-state index in [4.69, 9.17) is 16.3 Å². The lowest BCUT2D eigenvalue weighted by Gasteiger charge is -2.14. The Kier molecular flexibility index (Phi) is 6.76. The van der Waals surface area contributed by atoms with Crippen molar-refractivity contribution in [3.05, 3.63) is 39.8 Å². The van der Waals surface area contributed by atoms with Gasteiger partial charge in [0.15, 0.2) is 0 Å². The predicted molar refractivity (Wildman–Crippen MR) is 81.6 cm³/mol. The van der Waals surface area contributed by atoms with Crippen LogP contribution in [0.2, 0.25) is 5.02 Å². The standard InChI is InChI=1S/C14H19BrClNO/c1-10(2)7-17-8-12-13(16)5-4-6-14(12)18-9-11(3)15/h4-6,10,17H,3,7-9H2,1-2H3. The molecule has 0 aliphatic rings. The van der Waals surface area contributed by atoms with Gasteiger partial charge in [-0.15, -0.1) is 0 Å². The fourth-order valence-electron chi connectivity index (χ4n) is 1.49. The number of ether oxygens (including phenoxy) is 1. The molecular weight excluding hydrogens is 314 g/mol. The van der Waals surface area contributed by atoms with Gasteiger partial charge in [0.05, 0.1) is 0 Å². The molecule has 0 heterocycles. The van der Waals surface area contributed by atoms with Crippen LogP contribution in [0.25, 0.3) is 0 Å². The van der Waals surface area contributed by atoms with Crippen LogP contribution in [0.4, 0.5) is 0 Å². The van der Waals surface area contributed by atoms with Crippen LogP contribution < -0.4 is 10.1 Å². The van der Waals surface area contributed by atoms with E-state index in [1.165, 1.54) is 0 Å². The van der Waals surface area contributed by atoms with E-state index in [1.54, 1.807) is 0 Å². The van der Waals surface area contributed by atoms with Gasteiger partial charge in [0.25, 0.3) is 0 Å². The van der Waals surface area contributed by atoms with E-state index in [-0.39, 0.29) is 0 Å². The maximum absolute atomic E-state index is 6.21. The van der Waals surface area contributed by atoms with Gasteiger partial charge in [-0.3, -0.25) is 0 Å². The maximum atomic E-state index is 6.21. The highest BCUT2D eigenvalue weighted by Gasteiger charge is 2.08. The number of hydrogen-bond donors (Lipinski definition) is 1. The third kappa shape index (κ3) is 5.42. The van der Waals surface area contributed by atoms with Crippen LogP contribution in [0.5, 0.6) is 5.75 Å². The molecular formula is C14H19BrClNO. The Bertz CT molecular complexity index is 407. The van der Waals surface area contributed by atoms with Gasteiger partial charge in [-0.1, -0.05) is 54.0 Å². The van der Waals surface area contributed by atoms with E-state index >= 15 is 0 Å². The molecule has 18 heavy (non-hydrogen) atoms. The molecule has 0 aromatic heterocycles. The number of benzene rings is 1. The molecule has 1 aromatic carbocycles. The second-order valence-corrected chi connectivity index (χ2v) is 6.08. The average molecular weight is 333 g/mol. The zero-order valence-electron chi connectivity index (χ0n) is 10.8. The van der Waals surface area contributed by atoms with Crippen LogP contribution in [0, 0.1) is 5.92 Å². The van der Waals surface area contributed by atoms with Crippen LogP contribution in [-0.4, -0.2) is 13.2 Å². The zero-order chi connectivity index (χ0) is 13.5. The summed E-state index contributed by atoms with van der Waals surface area (Å²) in [5, 5.41) is 4.10. The Labute approximate surface area is 122 Å². The summed E-state index contributed by atoms with van der Waals surface area (Å²) in [5.41, 5.74) is 0.994. The molecule has 0 saturated carbocycles. The van der Waals surface area contributed by atoms with Crippen molar-refractivity contribution in [2.24, 2.45) is 5.92 Å². The van der Waals surface area contributed by atoms with Crippen molar-refractivity contribution >= 4 is 27.5 Å². The fraction of sp³-hybridized carbons (Fsp3) is 0.429. The van der Waals surface area contributed by atoms with Gasteiger partial charge in [-0.25, -0.2) is 0 Å². The van der Waals surface area contributed by atoms with E-state index < -0.39 is 0 Å². The lowest BCUT2D eigenvalue weighted by molar-refractivity contribution is 0.355. The van der Waals surface area contributed by atoms with E-state index in [1.807, 2.05) is 18.2 Å². The SMILES string of the molecule is C=C(Br)COc1cccc(Cl)c1CNCC(C)C. The maximum Gasteiger partial charge on any atom is 0.125 e. The smallest absolute Gasteiger partial charge is 0.125 e. The number of hydrogen-bond acceptors (Lipinski definition) is 2. The van der Waals surface area contributed by atoms with Crippen molar-refractivity contribution < 1.29 is 4.74 Å². The second kappa shape index (κ2) is 7.82. The van der Waals surface area contributed by atoms with E-state index in [9.17, 15) is 0 Å². The topological polar surface area (TPSA) is 21.3 Å². The van der Waals surface area contributed by atoms with Crippen LogP contribution >= 0.6 is 27.5 Å². The van der Waals surface area contributed by atoms with Crippen LogP contribution in [-0.2, 0) is 6.54 Å². The third-order valence-corrected chi connectivity index (χ3v) is 2.90. The van der Waals surface area contributed by atoms with Crippen molar-refractivity contribution in [2.75, 3.05) is 13.2 Å². The van der Waals surface area contributed by atoms with Crippen molar-refractivity contribution in [1.82, 2.24) is 5.32 Å². The molecule has 0 fully saturated rings. The van der Waals surface area contributed by atoms with Gasteiger partial charge >= 0.3 is 0 Å².